The molecular formula is C39H73NO10. The summed E-state index contributed by atoms with van der Waals surface area (Å²) in [5, 5.41) is 75.1. The molecule has 0 spiro atoms. The third-order valence-electron chi connectivity index (χ3n) is 9.48. The van der Waals surface area contributed by atoms with Gasteiger partial charge in [-0.05, 0) is 64.2 Å². The molecule has 9 unspecified atom stereocenters. The first-order chi connectivity index (χ1) is 24.2. The topological polar surface area (TPSA) is 189 Å². The minimum Gasteiger partial charge on any atom is -0.394 e. The van der Waals surface area contributed by atoms with Crippen molar-refractivity contribution in [3.8, 4) is 0 Å². The SMILES string of the molecule is CCCCCC/C=C\CCCCCCCCC(O)C(=O)NC(COC1OC(CO)C(O)C(O)C1O)C(O)C(O)CCC/C=C/CCCCCC. The van der Waals surface area contributed by atoms with Crippen LogP contribution in [0.5, 0.6) is 0 Å². The second kappa shape index (κ2) is 30.1. The summed E-state index contributed by atoms with van der Waals surface area (Å²) in [5.74, 6) is -0.717. The van der Waals surface area contributed by atoms with Gasteiger partial charge in [-0.1, -0.05) is 109 Å². The van der Waals surface area contributed by atoms with Crippen molar-refractivity contribution in [3.05, 3.63) is 24.3 Å². The van der Waals surface area contributed by atoms with Crippen LogP contribution in [0.4, 0.5) is 0 Å². The molecule has 50 heavy (non-hydrogen) atoms. The molecule has 294 valence electrons. The Balaban J connectivity index is 2.56. The van der Waals surface area contributed by atoms with E-state index in [0.29, 0.717) is 12.8 Å². The molecule has 0 aromatic heterocycles. The lowest BCUT2D eigenvalue weighted by atomic mass is 9.98. The van der Waals surface area contributed by atoms with Gasteiger partial charge in [0.2, 0.25) is 5.91 Å². The lowest BCUT2D eigenvalue weighted by Crippen LogP contribution is -2.60. The summed E-state index contributed by atoms with van der Waals surface area (Å²) in [4.78, 5) is 13.0. The average molecular weight is 716 g/mol. The summed E-state index contributed by atoms with van der Waals surface area (Å²) in [5.41, 5.74) is 0. The highest BCUT2D eigenvalue weighted by atomic mass is 16.7. The number of ether oxygens (including phenoxy) is 2. The number of aliphatic hydroxyl groups is 7. The lowest BCUT2D eigenvalue weighted by Gasteiger charge is -2.40. The highest BCUT2D eigenvalue weighted by Gasteiger charge is 2.44. The summed E-state index contributed by atoms with van der Waals surface area (Å²) in [6.45, 7) is 3.32. The van der Waals surface area contributed by atoms with Crippen LogP contribution in [0.1, 0.15) is 149 Å². The molecule has 9 atom stereocenters. The molecule has 1 rings (SSSR count). The van der Waals surface area contributed by atoms with E-state index < -0.39 is 74.2 Å². The van der Waals surface area contributed by atoms with E-state index in [0.717, 1.165) is 57.8 Å². The molecule has 11 heteroatoms. The van der Waals surface area contributed by atoms with Crippen molar-refractivity contribution < 1.29 is 50.0 Å². The predicted octanol–water partition coefficient (Wildman–Crippen LogP) is 4.71. The van der Waals surface area contributed by atoms with E-state index in [9.17, 15) is 40.5 Å². The van der Waals surface area contributed by atoms with Crippen molar-refractivity contribution in [2.75, 3.05) is 13.2 Å². The number of allylic oxidation sites excluding steroid dienone is 4. The zero-order valence-electron chi connectivity index (χ0n) is 31.1. The van der Waals surface area contributed by atoms with E-state index in [-0.39, 0.29) is 12.8 Å². The van der Waals surface area contributed by atoms with Gasteiger partial charge in [-0.3, -0.25) is 4.79 Å². The maximum absolute atomic E-state index is 13.0. The fourth-order valence-corrected chi connectivity index (χ4v) is 6.08. The quantitative estimate of drug-likeness (QED) is 0.0369. The lowest BCUT2D eigenvalue weighted by molar-refractivity contribution is -0.303. The molecule has 8 N–H and O–H groups in total. The van der Waals surface area contributed by atoms with Crippen LogP contribution in [0, 0.1) is 0 Å². The van der Waals surface area contributed by atoms with E-state index in [1.54, 1.807) is 0 Å². The highest BCUT2D eigenvalue weighted by molar-refractivity contribution is 5.80. The summed E-state index contributed by atoms with van der Waals surface area (Å²) in [6.07, 6.45) is 18.2. The van der Waals surface area contributed by atoms with Gasteiger partial charge in [0.25, 0.3) is 0 Å². The van der Waals surface area contributed by atoms with E-state index >= 15 is 0 Å². The van der Waals surface area contributed by atoms with Gasteiger partial charge in [-0.2, -0.15) is 0 Å². The Bertz CT molecular complexity index is 872. The van der Waals surface area contributed by atoms with E-state index in [2.05, 4.69) is 43.5 Å². The van der Waals surface area contributed by atoms with Crippen molar-refractivity contribution in [1.82, 2.24) is 5.32 Å². The minimum atomic E-state index is -1.66. The minimum absolute atomic E-state index is 0.246. The van der Waals surface area contributed by atoms with Crippen LogP contribution < -0.4 is 5.32 Å². The summed E-state index contributed by atoms with van der Waals surface area (Å²) < 4.78 is 11.0. The molecule has 0 radical (unpaired) electrons. The number of nitrogens with one attached hydrogen (secondary N) is 1. The molecule has 0 aromatic carbocycles. The van der Waals surface area contributed by atoms with Gasteiger partial charge in [-0.25, -0.2) is 0 Å². The average Bonchev–Trinajstić information content (AvgIpc) is 3.11. The molecule has 0 aliphatic carbocycles. The van der Waals surface area contributed by atoms with Crippen LogP contribution in [-0.4, -0.2) is 110 Å². The van der Waals surface area contributed by atoms with Crippen LogP contribution >= 0.6 is 0 Å². The van der Waals surface area contributed by atoms with E-state index in [1.807, 2.05) is 0 Å². The maximum atomic E-state index is 13.0. The van der Waals surface area contributed by atoms with Gasteiger partial charge < -0.3 is 50.5 Å². The highest BCUT2D eigenvalue weighted by Crippen LogP contribution is 2.23. The van der Waals surface area contributed by atoms with E-state index in [4.69, 9.17) is 9.47 Å². The largest absolute Gasteiger partial charge is 0.394 e. The van der Waals surface area contributed by atoms with Crippen molar-refractivity contribution in [2.45, 2.75) is 204 Å². The van der Waals surface area contributed by atoms with Crippen molar-refractivity contribution in [1.29, 1.82) is 0 Å². The number of carbonyl (C=O) groups excluding carboxylic acids is 1. The normalized spacial score (nSPS) is 23.7. The molecule has 0 aromatic rings. The monoisotopic (exact) mass is 716 g/mol. The Kier molecular flexibility index (Phi) is 28.1. The summed E-state index contributed by atoms with van der Waals surface area (Å²) in [6, 6.07) is -1.18. The molecule has 11 nitrogen and oxygen atoms in total. The number of hydrogen-bond donors (Lipinski definition) is 8. The summed E-state index contributed by atoms with van der Waals surface area (Å²) in [7, 11) is 0. The Morgan fingerprint density at radius 1 is 0.680 bits per heavy atom. The first kappa shape index (κ1) is 46.6. The number of amides is 1. The zero-order chi connectivity index (χ0) is 37.0. The van der Waals surface area contributed by atoms with E-state index in [1.165, 1.54) is 51.4 Å². The van der Waals surface area contributed by atoms with Crippen molar-refractivity contribution in [3.63, 3.8) is 0 Å². The van der Waals surface area contributed by atoms with Gasteiger partial charge in [0.1, 0.15) is 36.6 Å². The molecule has 0 saturated carbocycles. The van der Waals surface area contributed by atoms with Gasteiger partial charge in [0.15, 0.2) is 6.29 Å². The molecule has 1 heterocycles. The standard InChI is InChI=1S/C39H73NO10/c1-3-5-7-9-11-13-14-15-16-17-19-21-23-25-27-32(43)38(48)40-30(29-49-39-37(47)36(46)35(45)33(28-41)50-39)34(44)31(42)26-24-22-20-18-12-10-8-6-4-2/h13-14,18,20,30-37,39,41-47H,3-12,15-17,19,21-29H2,1-2H3,(H,40,48)/b14-13-,20-18+. The van der Waals surface area contributed by atoms with Crippen LogP contribution in [0.2, 0.25) is 0 Å². The molecule has 1 fully saturated rings. The Morgan fingerprint density at radius 3 is 1.72 bits per heavy atom. The van der Waals surface area contributed by atoms with Gasteiger partial charge in [-0.15, -0.1) is 0 Å². The number of rotatable bonds is 31. The van der Waals surface area contributed by atoms with Gasteiger partial charge in [0, 0.05) is 0 Å². The van der Waals surface area contributed by atoms with Crippen LogP contribution in [0.15, 0.2) is 24.3 Å². The molecule has 1 amide bonds. The second-order valence-corrected chi connectivity index (χ2v) is 14.0. The molecule has 1 saturated heterocycles. The summed E-state index contributed by atoms with van der Waals surface area (Å²) >= 11 is 0. The predicted molar refractivity (Wildman–Crippen MR) is 196 cm³/mol. The van der Waals surface area contributed by atoms with Crippen LogP contribution in [-0.2, 0) is 14.3 Å². The molecule has 0 bridgehead atoms. The van der Waals surface area contributed by atoms with Crippen molar-refractivity contribution >= 4 is 5.91 Å². The number of carbonyl (C=O) groups is 1. The first-order valence-electron chi connectivity index (χ1n) is 19.7. The Labute approximate surface area is 302 Å². The maximum Gasteiger partial charge on any atom is 0.249 e. The Hall–Kier alpha value is -1.41. The first-order valence-corrected chi connectivity index (χ1v) is 19.7. The second-order valence-electron chi connectivity index (χ2n) is 14.0. The zero-order valence-corrected chi connectivity index (χ0v) is 31.1. The molecule has 1 aliphatic rings. The van der Waals surface area contributed by atoms with Gasteiger partial charge >= 0.3 is 0 Å². The smallest absolute Gasteiger partial charge is 0.249 e. The van der Waals surface area contributed by atoms with Gasteiger partial charge in [0.05, 0.1) is 25.4 Å². The van der Waals surface area contributed by atoms with Crippen LogP contribution in [0.25, 0.3) is 0 Å². The fourth-order valence-electron chi connectivity index (χ4n) is 6.08. The third-order valence-corrected chi connectivity index (χ3v) is 9.48. The molecule has 1 aliphatic heterocycles. The Morgan fingerprint density at radius 2 is 1.18 bits per heavy atom. The van der Waals surface area contributed by atoms with Crippen LogP contribution in [0.3, 0.4) is 0 Å². The number of unbranched alkanes of at least 4 members (excludes halogenated alkanes) is 15. The van der Waals surface area contributed by atoms with Crippen molar-refractivity contribution in [2.24, 2.45) is 0 Å². The third kappa shape index (κ3) is 20.6. The number of aliphatic hydroxyl groups excluding tert-OH is 7. The number of hydrogen-bond acceptors (Lipinski definition) is 10. The molecular weight excluding hydrogens is 642 g/mol. The fraction of sp³-hybridized carbons (Fsp3) is 0.872.